The summed E-state index contributed by atoms with van der Waals surface area (Å²) < 4.78 is 38.5. The van der Waals surface area contributed by atoms with Crippen molar-refractivity contribution in [3.63, 3.8) is 0 Å². The van der Waals surface area contributed by atoms with Crippen molar-refractivity contribution in [1.82, 2.24) is 10.2 Å². The number of benzene rings is 2. The molecule has 1 N–H and O–H groups in total. The summed E-state index contributed by atoms with van der Waals surface area (Å²) >= 11 is 0. The van der Waals surface area contributed by atoms with Crippen LogP contribution in [0.5, 0.6) is 11.5 Å². The van der Waals surface area contributed by atoms with Crippen molar-refractivity contribution in [2.45, 2.75) is 11.8 Å². The molecule has 30 heavy (non-hydrogen) atoms. The Labute approximate surface area is 178 Å². The fraction of sp³-hybridized carbons (Fsp3) is 0.381. The fourth-order valence-electron chi connectivity index (χ4n) is 2.73. The predicted molar refractivity (Wildman–Crippen MR) is 117 cm³/mol. The molecule has 2 aromatic rings. The molecule has 0 unspecified atom stereocenters. The highest BCUT2D eigenvalue weighted by Crippen LogP contribution is 2.35. The van der Waals surface area contributed by atoms with Crippen LogP contribution in [0.15, 0.2) is 47.4 Å². The van der Waals surface area contributed by atoms with Gasteiger partial charge in [-0.25, -0.2) is 8.42 Å². The summed E-state index contributed by atoms with van der Waals surface area (Å²) in [5.41, 5.74) is 1.19. The molecule has 0 radical (unpaired) electrons. The Morgan fingerprint density at radius 3 is 2.27 bits per heavy atom. The summed E-state index contributed by atoms with van der Waals surface area (Å²) in [4.78, 5) is 14.6. The van der Waals surface area contributed by atoms with Crippen LogP contribution in [0.1, 0.15) is 5.56 Å². The lowest BCUT2D eigenvalue weighted by molar-refractivity contribution is -0.119. The molecule has 0 aromatic heterocycles. The highest BCUT2D eigenvalue weighted by molar-refractivity contribution is 7.92. The van der Waals surface area contributed by atoms with Crippen molar-refractivity contribution in [1.29, 1.82) is 0 Å². The number of amides is 1. The number of carbonyl (C=O) groups excluding carboxylic acids is 1. The van der Waals surface area contributed by atoms with E-state index in [9.17, 15) is 13.2 Å². The van der Waals surface area contributed by atoms with Gasteiger partial charge in [-0.2, -0.15) is 0 Å². The number of likely N-dealkylation sites (N-methyl/N-ethyl adjacent to an activating group) is 1. The van der Waals surface area contributed by atoms with Crippen LogP contribution in [0.4, 0.5) is 5.69 Å². The minimum absolute atomic E-state index is 0.0899. The number of nitrogens with one attached hydrogen (secondary N) is 1. The van der Waals surface area contributed by atoms with E-state index in [1.54, 1.807) is 30.3 Å². The van der Waals surface area contributed by atoms with E-state index in [0.29, 0.717) is 18.8 Å². The van der Waals surface area contributed by atoms with Crippen LogP contribution in [-0.2, 0) is 14.8 Å². The largest absolute Gasteiger partial charge is 0.497 e. The van der Waals surface area contributed by atoms with Crippen molar-refractivity contribution in [2.24, 2.45) is 0 Å². The van der Waals surface area contributed by atoms with Crippen LogP contribution in [0.3, 0.4) is 0 Å². The van der Waals surface area contributed by atoms with Crippen molar-refractivity contribution < 1.29 is 22.7 Å². The Hall–Kier alpha value is -2.78. The number of carbonyl (C=O) groups is 1. The first-order valence-corrected chi connectivity index (χ1v) is 10.9. The Kier molecular flexibility index (Phi) is 8.08. The third kappa shape index (κ3) is 5.87. The van der Waals surface area contributed by atoms with E-state index < -0.39 is 15.9 Å². The molecule has 0 bridgehead atoms. The van der Waals surface area contributed by atoms with Gasteiger partial charge in [0, 0.05) is 19.2 Å². The van der Waals surface area contributed by atoms with Gasteiger partial charge in [0.1, 0.15) is 18.0 Å². The van der Waals surface area contributed by atoms with E-state index in [0.717, 1.165) is 9.87 Å². The lowest BCUT2D eigenvalue weighted by atomic mass is 10.2. The fourth-order valence-corrected chi connectivity index (χ4v) is 4.16. The maximum Gasteiger partial charge on any atom is 0.264 e. The third-order valence-corrected chi connectivity index (χ3v) is 6.21. The van der Waals surface area contributed by atoms with E-state index in [1.165, 1.54) is 26.4 Å². The molecule has 0 saturated carbocycles. The second-order valence-electron chi connectivity index (χ2n) is 7.02. The Bertz CT molecular complexity index is 959. The van der Waals surface area contributed by atoms with Gasteiger partial charge in [-0.15, -0.1) is 0 Å². The SMILES string of the molecule is COc1ccc(N(CC(=O)NCCN(C)C)S(=O)(=O)c2ccc(C)cc2)c(OC)c1. The minimum atomic E-state index is -4.02. The Balaban J connectivity index is 2.45. The molecule has 1 amide bonds. The van der Waals surface area contributed by atoms with Crippen LogP contribution in [0.25, 0.3) is 0 Å². The first kappa shape index (κ1) is 23.5. The number of hydrogen-bond acceptors (Lipinski definition) is 6. The average molecular weight is 436 g/mol. The summed E-state index contributed by atoms with van der Waals surface area (Å²) in [5, 5.41) is 2.75. The van der Waals surface area contributed by atoms with Gasteiger partial charge < -0.3 is 19.7 Å². The maximum absolute atomic E-state index is 13.4. The molecule has 164 valence electrons. The average Bonchev–Trinajstić information content (AvgIpc) is 2.71. The summed E-state index contributed by atoms with van der Waals surface area (Å²) in [6.45, 7) is 2.54. The highest BCUT2D eigenvalue weighted by atomic mass is 32.2. The number of hydrogen-bond donors (Lipinski definition) is 1. The van der Waals surface area contributed by atoms with Crippen molar-refractivity contribution in [3.8, 4) is 11.5 Å². The molecule has 0 atom stereocenters. The van der Waals surface area contributed by atoms with Crippen molar-refractivity contribution >= 4 is 21.6 Å². The van der Waals surface area contributed by atoms with E-state index in [-0.39, 0.29) is 22.9 Å². The number of ether oxygens (including phenoxy) is 2. The van der Waals surface area contributed by atoms with Crippen LogP contribution < -0.4 is 19.1 Å². The number of methoxy groups -OCH3 is 2. The number of nitrogens with zero attached hydrogens (tertiary/aromatic N) is 2. The molecule has 8 nitrogen and oxygen atoms in total. The maximum atomic E-state index is 13.4. The van der Waals surface area contributed by atoms with Gasteiger partial charge in [-0.1, -0.05) is 17.7 Å². The van der Waals surface area contributed by atoms with E-state index in [1.807, 2.05) is 25.9 Å². The van der Waals surface area contributed by atoms with Crippen molar-refractivity contribution in [3.05, 3.63) is 48.0 Å². The van der Waals surface area contributed by atoms with Gasteiger partial charge in [0.2, 0.25) is 5.91 Å². The smallest absolute Gasteiger partial charge is 0.264 e. The molecule has 0 spiro atoms. The monoisotopic (exact) mass is 435 g/mol. The quantitative estimate of drug-likeness (QED) is 0.613. The van der Waals surface area contributed by atoms with Gasteiger partial charge in [0.15, 0.2) is 0 Å². The number of aryl methyl sites for hydroxylation is 1. The summed E-state index contributed by atoms with van der Waals surface area (Å²) in [7, 11) is 2.71. The molecule has 2 aromatic carbocycles. The predicted octanol–water partition coefficient (Wildman–Crippen LogP) is 1.89. The van der Waals surface area contributed by atoms with Crippen LogP contribution in [-0.4, -0.2) is 67.2 Å². The Morgan fingerprint density at radius 1 is 1.03 bits per heavy atom. The summed E-state index contributed by atoms with van der Waals surface area (Å²) in [6, 6.07) is 11.3. The van der Waals surface area contributed by atoms with Gasteiger partial charge in [0.25, 0.3) is 10.0 Å². The van der Waals surface area contributed by atoms with Gasteiger partial charge in [-0.05, 0) is 45.3 Å². The zero-order chi connectivity index (χ0) is 22.3. The molecule has 2 rings (SSSR count). The number of sulfonamides is 1. The molecule has 0 aliphatic rings. The van der Waals surface area contributed by atoms with Gasteiger partial charge >= 0.3 is 0 Å². The summed E-state index contributed by atoms with van der Waals surface area (Å²) in [5.74, 6) is 0.384. The zero-order valence-corrected chi connectivity index (χ0v) is 18.8. The topological polar surface area (TPSA) is 88.2 Å². The molecule has 0 aliphatic heterocycles. The van der Waals surface area contributed by atoms with Gasteiger partial charge in [-0.3, -0.25) is 9.10 Å². The van der Waals surface area contributed by atoms with Crippen LogP contribution in [0, 0.1) is 6.92 Å². The molecule has 0 heterocycles. The van der Waals surface area contributed by atoms with Crippen molar-refractivity contribution in [2.75, 3.05) is 52.3 Å². The second-order valence-corrected chi connectivity index (χ2v) is 8.88. The first-order chi connectivity index (χ1) is 14.2. The second kappa shape index (κ2) is 10.3. The lowest BCUT2D eigenvalue weighted by Crippen LogP contribution is -2.42. The van der Waals surface area contributed by atoms with E-state index >= 15 is 0 Å². The van der Waals surface area contributed by atoms with Crippen LogP contribution in [0.2, 0.25) is 0 Å². The Morgan fingerprint density at radius 2 is 1.70 bits per heavy atom. The zero-order valence-electron chi connectivity index (χ0n) is 18.0. The van der Waals surface area contributed by atoms with E-state index in [2.05, 4.69) is 5.32 Å². The minimum Gasteiger partial charge on any atom is -0.497 e. The standard InChI is InChI=1S/C21H29N3O5S/c1-16-6-9-18(10-7-16)30(26,27)24(15-21(25)22-12-13-23(2)3)19-11-8-17(28-4)14-20(19)29-5/h6-11,14H,12-13,15H2,1-5H3,(H,22,25). The molecular weight excluding hydrogens is 406 g/mol. The molecular formula is C21H29N3O5S. The highest BCUT2D eigenvalue weighted by Gasteiger charge is 2.29. The van der Waals surface area contributed by atoms with E-state index in [4.69, 9.17) is 9.47 Å². The molecule has 9 heteroatoms. The molecule has 0 saturated heterocycles. The lowest BCUT2D eigenvalue weighted by Gasteiger charge is -2.26. The molecule has 0 fully saturated rings. The third-order valence-electron chi connectivity index (χ3n) is 4.43. The molecule has 0 aliphatic carbocycles. The normalized spacial score (nSPS) is 11.3. The number of anilines is 1. The number of rotatable bonds is 10. The van der Waals surface area contributed by atoms with Crippen LogP contribution >= 0.6 is 0 Å². The first-order valence-electron chi connectivity index (χ1n) is 9.42. The van der Waals surface area contributed by atoms with Gasteiger partial charge in [0.05, 0.1) is 24.8 Å². The summed E-state index contributed by atoms with van der Waals surface area (Å²) in [6.07, 6.45) is 0.